The third kappa shape index (κ3) is 6.70. The maximum Gasteiger partial charge on any atom is 0.304 e. The van der Waals surface area contributed by atoms with Crippen LogP contribution in [0.25, 0.3) is 11.1 Å². The first-order chi connectivity index (χ1) is 10.2. The Morgan fingerprint density at radius 2 is 1.43 bits per heavy atom. The first-order valence-electron chi connectivity index (χ1n) is 6.93. The summed E-state index contributed by atoms with van der Waals surface area (Å²) in [6.45, 7) is 0.944. The van der Waals surface area contributed by atoms with Gasteiger partial charge in [-0.2, -0.15) is 0 Å². The van der Waals surface area contributed by atoms with Crippen molar-refractivity contribution >= 4 is 5.97 Å². The fraction of sp³-hybridized carbons (Fsp3) is 0.235. The summed E-state index contributed by atoms with van der Waals surface area (Å²) >= 11 is 0. The number of rotatable bonds is 5. The van der Waals surface area contributed by atoms with E-state index in [1.807, 2.05) is 6.07 Å². The van der Waals surface area contributed by atoms with Crippen molar-refractivity contribution < 1.29 is 9.90 Å². The Morgan fingerprint density at radius 1 is 0.857 bits per heavy atom. The number of nitrogens with two attached hydrogens (primary N) is 2. The highest BCUT2D eigenvalue weighted by atomic mass is 16.4. The van der Waals surface area contributed by atoms with Crippen LogP contribution in [0, 0.1) is 0 Å². The van der Waals surface area contributed by atoms with Crippen LogP contribution < -0.4 is 11.5 Å². The molecule has 5 N–H and O–H groups in total. The zero-order valence-corrected chi connectivity index (χ0v) is 12.0. The Labute approximate surface area is 125 Å². The molecule has 0 saturated heterocycles. The van der Waals surface area contributed by atoms with E-state index in [4.69, 9.17) is 16.6 Å². The lowest BCUT2D eigenvalue weighted by Gasteiger charge is -2.03. The van der Waals surface area contributed by atoms with E-state index >= 15 is 0 Å². The number of hydrogen-bond acceptors (Lipinski definition) is 3. The van der Waals surface area contributed by atoms with Crippen LogP contribution in [0.15, 0.2) is 54.6 Å². The average Bonchev–Trinajstić information content (AvgIpc) is 2.50. The Bertz CT molecular complexity index is 524. The molecule has 2 rings (SSSR count). The third-order valence-electron chi connectivity index (χ3n) is 2.85. The van der Waals surface area contributed by atoms with Crippen molar-refractivity contribution in [3.63, 3.8) is 0 Å². The number of hydrogen-bond donors (Lipinski definition) is 3. The van der Waals surface area contributed by atoms with Crippen LogP contribution in [0.2, 0.25) is 0 Å². The smallest absolute Gasteiger partial charge is 0.304 e. The highest BCUT2D eigenvalue weighted by molar-refractivity contribution is 5.66. The highest BCUT2D eigenvalue weighted by Crippen LogP contribution is 2.19. The predicted molar refractivity (Wildman–Crippen MR) is 85.9 cm³/mol. The molecule has 0 aliphatic heterocycles. The number of benzene rings is 2. The van der Waals surface area contributed by atoms with Gasteiger partial charge in [0.25, 0.3) is 0 Å². The first-order valence-corrected chi connectivity index (χ1v) is 6.93. The van der Waals surface area contributed by atoms with Gasteiger partial charge in [0.15, 0.2) is 0 Å². The van der Waals surface area contributed by atoms with Gasteiger partial charge in [0, 0.05) is 6.54 Å². The highest BCUT2D eigenvalue weighted by Gasteiger charge is 1.96. The second-order valence-electron chi connectivity index (χ2n) is 4.53. The molecule has 0 heterocycles. The van der Waals surface area contributed by atoms with E-state index in [1.54, 1.807) is 0 Å². The van der Waals surface area contributed by atoms with Crippen LogP contribution in [0.1, 0.15) is 12.0 Å². The Kier molecular flexibility index (Phi) is 7.79. The molecule has 112 valence electrons. The first kappa shape index (κ1) is 16.9. The van der Waals surface area contributed by atoms with Crippen molar-refractivity contribution in [2.75, 3.05) is 13.1 Å². The Balaban J connectivity index is 0.000000315. The van der Waals surface area contributed by atoms with Crippen molar-refractivity contribution in [1.82, 2.24) is 0 Å². The lowest BCUT2D eigenvalue weighted by Crippen LogP contribution is -2.05. The van der Waals surface area contributed by atoms with E-state index in [0.717, 1.165) is 6.42 Å². The molecular formula is C17H22N2O2. The predicted octanol–water partition coefficient (Wildman–Crippen LogP) is 2.27. The number of carboxylic acids is 1. The van der Waals surface area contributed by atoms with Crippen LogP contribution in [0.5, 0.6) is 0 Å². The van der Waals surface area contributed by atoms with Crippen LogP contribution >= 0.6 is 0 Å². The molecule has 21 heavy (non-hydrogen) atoms. The normalized spacial score (nSPS) is 9.62. The minimum atomic E-state index is -0.836. The molecule has 0 aliphatic rings. The minimum absolute atomic E-state index is 0.0694. The van der Waals surface area contributed by atoms with Gasteiger partial charge < -0.3 is 16.6 Å². The molecule has 2 aromatic rings. The van der Waals surface area contributed by atoms with Crippen molar-refractivity contribution in [2.45, 2.75) is 12.8 Å². The summed E-state index contributed by atoms with van der Waals surface area (Å²) in [5.74, 6) is -0.836. The molecule has 0 aliphatic carbocycles. The second-order valence-corrected chi connectivity index (χ2v) is 4.53. The molecule has 0 bridgehead atoms. The molecule has 0 atom stereocenters. The van der Waals surface area contributed by atoms with Gasteiger partial charge in [-0.3, -0.25) is 4.79 Å². The van der Waals surface area contributed by atoms with Gasteiger partial charge >= 0.3 is 5.97 Å². The number of carbonyl (C=O) groups is 1. The molecular weight excluding hydrogens is 264 g/mol. The summed E-state index contributed by atoms with van der Waals surface area (Å²) in [6.07, 6.45) is 1.02. The van der Waals surface area contributed by atoms with Crippen molar-refractivity contribution in [2.24, 2.45) is 11.5 Å². The minimum Gasteiger partial charge on any atom is -0.481 e. The van der Waals surface area contributed by atoms with Crippen LogP contribution in [0.3, 0.4) is 0 Å². The summed E-state index contributed by atoms with van der Waals surface area (Å²) in [5, 5.41) is 7.83. The van der Waals surface area contributed by atoms with Crippen molar-refractivity contribution in [3.8, 4) is 11.1 Å². The largest absolute Gasteiger partial charge is 0.481 e. The van der Waals surface area contributed by atoms with Crippen molar-refractivity contribution in [1.29, 1.82) is 0 Å². The molecule has 0 saturated carbocycles. The van der Waals surface area contributed by atoms with Gasteiger partial charge in [-0.05, 0) is 29.7 Å². The van der Waals surface area contributed by atoms with E-state index in [2.05, 4.69) is 48.5 Å². The molecule has 2 aromatic carbocycles. The quantitative estimate of drug-likeness (QED) is 0.786. The Morgan fingerprint density at radius 3 is 1.86 bits per heavy atom. The molecule has 0 radical (unpaired) electrons. The van der Waals surface area contributed by atoms with Gasteiger partial charge in [-0.1, -0.05) is 54.6 Å². The third-order valence-corrected chi connectivity index (χ3v) is 2.85. The summed E-state index contributed by atoms with van der Waals surface area (Å²) in [5.41, 5.74) is 14.2. The lowest BCUT2D eigenvalue weighted by molar-refractivity contribution is -0.136. The van der Waals surface area contributed by atoms with Gasteiger partial charge in [-0.15, -0.1) is 0 Å². The fourth-order valence-corrected chi connectivity index (χ4v) is 1.78. The zero-order valence-electron chi connectivity index (χ0n) is 12.0. The topological polar surface area (TPSA) is 89.3 Å². The summed E-state index contributed by atoms with van der Waals surface area (Å²) in [4.78, 5) is 9.52. The summed E-state index contributed by atoms with van der Waals surface area (Å²) < 4.78 is 0. The molecule has 0 amide bonds. The standard InChI is InChI=1S/C14H15N.C3H7NO2/c15-11-10-12-6-8-14(9-7-12)13-4-2-1-3-5-13;4-2-1-3(5)6/h1-9H,10-11,15H2;1-2,4H2,(H,5,6). The lowest BCUT2D eigenvalue weighted by atomic mass is 10.0. The van der Waals surface area contributed by atoms with Gasteiger partial charge in [0.1, 0.15) is 0 Å². The average molecular weight is 286 g/mol. The zero-order chi connectivity index (χ0) is 15.5. The Hall–Kier alpha value is -2.17. The molecule has 0 aromatic heterocycles. The van der Waals surface area contributed by atoms with Crippen molar-refractivity contribution in [3.05, 3.63) is 60.2 Å². The van der Waals surface area contributed by atoms with Gasteiger partial charge in [0.05, 0.1) is 6.42 Å². The van der Waals surface area contributed by atoms with E-state index in [0.29, 0.717) is 6.54 Å². The number of aliphatic carboxylic acids is 1. The maximum atomic E-state index is 9.52. The van der Waals surface area contributed by atoms with E-state index < -0.39 is 5.97 Å². The molecule has 4 heteroatoms. The summed E-state index contributed by atoms with van der Waals surface area (Å²) in [6, 6.07) is 19.0. The molecule has 0 fully saturated rings. The van der Waals surface area contributed by atoms with Crippen LogP contribution in [-0.2, 0) is 11.2 Å². The van der Waals surface area contributed by atoms with Crippen LogP contribution in [0.4, 0.5) is 0 Å². The van der Waals surface area contributed by atoms with Gasteiger partial charge in [-0.25, -0.2) is 0 Å². The van der Waals surface area contributed by atoms with E-state index in [9.17, 15) is 4.79 Å². The monoisotopic (exact) mass is 286 g/mol. The molecule has 4 nitrogen and oxygen atoms in total. The van der Waals surface area contributed by atoms with Gasteiger partial charge in [0.2, 0.25) is 0 Å². The molecule has 0 unspecified atom stereocenters. The summed E-state index contributed by atoms with van der Waals surface area (Å²) in [7, 11) is 0. The van der Waals surface area contributed by atoms with E-state index in [1.165, 1.54) is 16.7 Å². The number of carboxylic acid groups (broad SMARTS) is 1. The fourth-order valence-electron chi connectivity index (χ4n) is 1.78. The van der Waals surface area contributed by atoms with E-state index in [-0.39, 0.29) is 13.0 Å². The van der Waals surface area contributed by atoms with Crippen LogP contribution in [-0.4, -0.2) is 24.2 Å². The SMILES string of the molecule is NCCC(=O)O.NCCc1ccc(-c2ccccc2)cc1. The molecule has 0 spiro atoms. The second kappa shape index (κ2) is 9.69. The maximum absolute atomic E-state index is 9.52.